The van der Waals surface area contributed by atoms with Gasteiger partial charge in [-0.3, -0.25) is 4.79 Å². The first-order valence-electron chi connectivity index (χ1n) is 6.49. The summed E-state index contributed by atoms with van der Waals surface area (Å²) in [5.41, 5.74) is -1.41. The lowest BCUT2D eigenvalue weighted by Gasteiger charge is -2.32. The van der Waals surface area contributed by atoms with Gasteiger partial charge in [-0.05, 0) is 19.1 Å². The lowest BCUT2D eigenvalue weighted by molar-refractivity contribution is -0.363. The van der Waals surface area contributed by atoms with E-state index >= 15 is 0 Å². The Morgan fingerprint density at radius 2 is 1.90 bits per heavy atom. The first-order chi connectivity index (χ1) is 9.77. The molecule has 21 heavy (non-hydrogen) atoms. The zero-order chi connectivity index (χ0) is 15.3. The number of carbonyl (C=O) groups is 1. The van der Waals surface area contributed by atoms with Crippen LogP contribution >= 0.6 is 0 Å². The van der Waals surface area contributed by atoms with Crippen molar-refractivity contribution < 1.29 is 27.4 Å². The molecule has 3 nitrogen and oxygen atoms in total. The van der Waals surface area contributed by atoms with Crippen LogP contribution in [-0.2, 0) is 20.1 Å². The van der Waals surface area contributed by atoms with Crippen LogP contribution in [0.2, 0.25) is 0 Å². The van der Waals surface area contributed by atoms with Crippen LogP contribution in [0.3, 0.4) is 0 Å². The van der Waals surface area contributed by atoms with Crippen LogP contribution in [-0.4, -0.2) is 23.7 Å². The van der Waals surface area contributed by atoms with Crippen LogP contribution in [0, 0.1) is 0 Å². The van der Waals surface area contributed by atoms with Crippen molar-refractivity contribution in [1.29, 1.82) is 0 Å². The second kappa shape index (κ2) is 4.42. The van der Waals surface area contributed by atoms with E-state index in [1.54, 1.807) is 6.07 Å². The maximum atomic E-state index is 13.6. The van der Waals surface area contributed by atoms with Gasteiger partial charge in [-0.2, -0.15) is 13.2 Å². The highest BCUT2D eigenvalue weighted by atomic mass is 19.4. The predicted octanol–water partition coefficient (Wildman–Crippen LogP) is 3.10. The van der Waals surface area contributed by atoms with Gasteiger partial charge >= 0.3 is 6.18 Å². The average Bonchev–Trinajstić information content (AvgIpc) is 2.74. The largest absolute Gasteiger partial charge is 0.448 e. The number of hydrogen-bond acceptors (Lipinski definition) is 3. The summed E-state index contributed by atoms with van der Waals surface area (Å²) in [4.78, 5) is 11.4. The van der Waals surface area contributed by atoms with Gasteiger partial charge in [-0.15, -0.1) is 0 Å². The molecule has 1 saturated heterocycles. The Morgan fingerprint density at radius 1 is 1.24 bits per heavy atom. The second-order valence-electron chi connectivity index (χ2n) is 5.38. The maximum absolute atomic E-state index is 13.6. The predicted molar refractivity (Wildman–Crippen MR) is 67.3 cm³/mol. The molecule has 1 heterocycles. The molecule has 0 radical (unpaired) electrons. The molecule has 1 aliphatic heterocycles. The summed E-state index contributed by atoms with van der Waals surface area (Å²) in [5, 5.41) is 0. The smallest absolute Gasteiger partial charge is 0.332 e. The fourth-order valence-electron chi connectivity index (χ4n) is 2.68. The number of fused-ring (bicyclic) bond motifs is 1. The van der Waals surface area contributed by atoms with Crippen LogP contribution in [0.15, 0.2) is 42.5 Å². The molecule has 0 aromatic heterocycles. The molecule has 0 amide bonds. The molecule has 0 bridgehead atoms. The Balaban J connectivity index is 2.10. The van der Waals surface area contributed by atoms with Crippen LogP contribution in [0.25, 0.3) is 0 Å². The Morgan fingerprint density at radius 3 is 2.52 bits per heavy atom. The molecule has 0 spiro atoms. The molecule has 6 heteroatoms. The summed E-state index contributed by atoms with van der Waals surface area (Å²) in [5.74, 6) is -3.12. The molecular weight excluding hydrogens is 285 g/mol. The Bertz CT molecular complexity index is 596. The normalized spacial score (nSPS) is 35.8. The molecule has 1 aromatic rings. The number of benzene rings is 1. The van der Waals surface area contributed by atoms with Crippen molar-refractivity contribution in [3.8, 4) is 0 Å². The molecule has 112 valence electrons. The van der Waals surface area contributed by atoms with Crippen molar-refractivity contribution in [3.63, 3.8) is 0 Å². The molecule has 3 rings (SSSR count). The number of carbonyl (C=O) groups excluding carboxylic acids is 1. The number of alkyl halides is 3. The van der Waals surface area contributed by atoms with E-state index in [9.17, 15) is 18.0 Å². The van der Waals surface area contributed by atoms with E-state index in [4.69, 9.17) is 9.47 Å². The lowest BCUT2D eigenvalue weighted by atomic mass is 9.89. The SMILES string of the molecule is C[C@]12C=CC(=O)C[C@H]1O[C@](c1ccccc1)(C(F)(F)F)O2. The minimum Gasteiger partial charge on any atom is -0.332 e. The Hall–Kier alpha value is -1.66. The first kappa shape index (κ1) is 14.3. The lowest BCUT2D eigenvalue weighted by Crippen LogP contribution is -2.45. The van der Waals surface area contributed by atoms with Gasteiger partial charge in [0.15, 0.2) is 5.78 Å². The van der Waals surface area contributed by atoms with E-state index in [1.165, 1.54) is 43.3 Å². The minimum absolute atomic E-state index is 0.127. The van der Waals surface area contributed by atoms with E-state index in [0.29, 0.717) is 0 Å². The van der Waals surface area contributed by atoms with Crippen molar-refractivity contribution >= 4 is 5.78 Å². The number of ketones is 1. The first-order valence-corrected chi connectivity index (χ1v) is 6.49. The van der Waals surface area contributed by atoms with Gasteiger partial charge in [-0.1, -0.05) is 30.3 Å². The highest BCUT2D eigenvalue weighted by Gasteiger charge is 2.68. The molecule has 3 atom stereocenters. The van der Waals surface area contributed by atoms with E-state index in [1.807, 2.05) is 0 Å². The molecule has 0 unspecified atom stereocenters. The third-order valence-corrected chi connectivity index (χ3v) is 3.82. The molecule has 0 saturated carbocycles. The van der Waals surface area contributed by atoms with Crippen LogP contribution in [0.4, 0.5) is 13.2 Å². The maximum Gasteiger partial charge on any atom is 0.448 e. The van der Waals surface area contributed by atoms with Gasteiger partial charge in [0.05, 0.1) is 0 Å². The summed E-state index contributed by atoms with van der Waals surface area (Å²) >= 11 is 0. The molecule has 0 N–H and O–H groups in total. The van der Waals surface area contributed by atoms with E-state index in [2.05, 4.69) is 0 Å². The zero-order valence-electron chi connectivity index (χ0n) is 11.2. The van der Waals surface area contributed by atoms with Crippen molar-refractivity contribution in [2.75, 3.05) is 0 Å². The number of rotatable bonds is 1. The molecular formula is C15H13F3O3. The average molecular weight is 298 g/mol. The van der Waals surface area contributed by atoms with Crippen molar-refractivity contribution in [2.45, 2.75) is 37.0 Å². The van der Waals surface area contributed by atoms with Crippen LogP contribution in [0.5, 0.6) is 0 Å². The monoisotopic (exact) mass is 298 g/mol. The number of halogens is 3. The van der Waals surface area contributed by atoms with Gasteiger partial charge in [-0.25, -0.2) is 0 Å². The van der Waals surface area contributed by atoms with Gasteiger partial charge in [0.1, 0.15) is 11.7 Å². The Labute approximate surface area is 119 Å². The Kier molecular flexibility index (Phi) is 3.00. The minimum atomic E-state index is -4.76. The topological polar surface area (TPSA) is 35.5 Å². The number of hydrogen-bond donors (Lipinski definition) is 0. The van der Waals surface area contributed by atoms with Gasteiger partial charge < -0.3 is 9.47 Å². The summed E-state index contributed by atoms with van der Waals surface area (Å²) in [7, 11) is 0. The summed E-state index contributed by atoms with van der Waals surface area (Å²) in [6.07, 6.45) is -3.25. The third-order valence-electron chi connectivity index (χ3n) is 3.82. The second-order valence-corrected chi connectivity index (χ2v) is 5.38. The fourth-order valence-corrected chi connectivity index (χ4v) is 2.68. The number of ether oxygens (including phenoxy) is 2. The standard InChI is InChI=1S/C15H13F3O3/c1-13-8-7-11(19)9-12(13)20-14(21-13,15(16,17)18)10-5-3-2-4-6-10/h2-8,12H,9H2,1H3/t12-,13+,14+/m1/s1. The van der Waals surface area contributed by atoms with Crippen molar-refractivity contribution in [3.05, 3.63) is 48.0 Å². The number of allylic oxidation sites excluding steroid dienone is 1. The van der Waals surface area contributed by atoms with E-state index < -0.39 is 23.7 Å². The van der Waals surface area contributed by atoms with Crippen LogP contribution < -0.4 is 0 Å². The summed E-state index contributed by atoms with van der Waals surface area (Å²) in [6, 6.07) is 7.20. The fraction of sp³-hybridized carbons (Fsp3) is 0.400. The van der Waals surface area contributed by atoms with Crippen LogP contribution in [0.1, 0.15) is 18.9 Å². The summed E-state index contributed by atoms with van der Waals surface area (Å²) < 4.78 is 51.6. The van der Waals surface area contributed by atoms with E-state index in [0.717, 1.165) is 0 Å². The molecule has 1 aliphatic carbocycles. The molecule has 1 fully saturated rings. The van der Waals surface area contributed by atoms with Gasteiger partial charge in [0.25, 0.3) is 5.79 Å². The third kappa shape index (κ3) is 2.10. The van der Waals surface area contributed by atoms with Crippen molar-refractivity contribution in [2.24, 2.45) is 0 Å². The van der Waals surface area contributed by atoms with Gasteiger partial charge in [0, 0.05) is 12.0 Å². The van der Waals surface area contributed by atoms with E-state index in [-0.39, 0.29) is 17.8 Å². The van der Waals surface area contributed by atoms with Gasteiger partial charge in [0.2, 0.25) is 0 Å². The van der Waals surface area contributed by atoms with Crippen molar-refractivity contribution in [1.82, 2.24) is 0 Å². The molecule has 1 aromatic carbocycles. The zero-order valence-corrected chi connectivity index (χ0v) is 11.2. The molecule has 2 aliphatic rings. The quantitative estimate of drug-likeness (QED) is 0.799. The highest BCUT2D eigenvalue weighted by Crippen LogP contribution is 2.54. The summed E-state index contributed by atoms with van der Waals surface area (Å²) in [6.45, 7) is 1.50. The highest BCUT2D eigenvalue weighted by molar-refractivity contribution is 5.91.